The summed E-state index contributed by atoms with van der Waals surface area (Å²) in [5, 5.41) is 9.31. The number of hydrogen-bond donors (Lipinski definition) is 1. The molecule has 0 radical (unpaired) electrons. The highest BCUT2D eigenvalue weighted by Crippen LogP contribution is 2.43. The first-order valence-electron chi connectivity index (χ1n) is 2.81. The fourth-order valence-electron chi connectivity index (χ4n) is 0.694. The lowest BCUT2D eigenvalue weighted by atomic mass is 10.2. The third kappa shape index (κ3) is 1.52. The molecule has 1 heterocycles. The summed E-state index contributed by atoms with van der Waals surface area (Å²) in [6.45, 7) is 0. The average molecular weight is 233 g/mol. The third-order valence-electron chi connectivity index (χ3n) is 1.33. The normalized spacial score (nSPS) is 30.7. The van der Waals surface area contributed by atoms with Gasteiger partial charge in [0.05, 0.1) is 6.42 Å². The van der Waals surface area contributed by atoms with Gasteiger partial charge in [-0.25, -0.2) is 4.79 Å². The molecular formula is C5H3Cl3O4. The lowest BCUT2D eigenvalue weighted by molar-refractivity contribution is -0.186. The van der Waals surface area contributed by atoms with E-state index >= 15 is 0 Å². The number of halogens is 3. The Morgan fingerprint density at radius 2 is 1.92 bits per heavy atom. The molecule has 1 N–H and O–H groups in total. The number of alkyl halides is 3. The Labute approximate surface area is 82.3 Å². The molecule has 1 atom stereocenters. The van der Waals surface area contributed by atoms with Crippen molar-refractivity contribution < 1.29 is 19.4 Å². The van der Waals surface area contributed by atoms with Crippen LogP contribution in [0.3, 0.4) is 0 Å². The van der Waals surface area contributed by atoms with Crippen LogP contribution in [-0.2, 0) is 14.3 Å². The minimum atomic E-state index is -2.33. The van der Waals surface area contributed by atoms with Crippen molar-refractivity contribution in [1.82, 2.24) is 0 Å². The van der Waals surface area contributed by atoms with Crippen LogP contribution in [0.5, 0.6) is 0 Å². The van der Waals surface area contributed by atoms with Gasteiger partial charge in [-0.2, -0.15) is 0 Å². The molecule has 4 nitrogen and oxygen atoms in total. The van der Waals surface area contributed by atoms with Crippen LogP contribution in [0.4, 0.5) is 0 Å². The van der Waals surface area contributed by atoms with Gasteiger partial charge >= 0.3 is 5.97 Å². The Hall–Kier alpha value is -0.0300. The van der Waals surface area contributed by atoms with Crippen molar-refractivity contribution in [2.75, 3.05) is 0 Å². The first-order valence-corrected chi connectivity index (χ1v) is 3.95. The summed E-state index contributed by atoms with van der Waals surface area (Å²) in [5.41, 5.74) is 0. The molecule has 0 aromatic heterocycles. The van der Waals surface area contributed by atoms with E-state index in [1.54, 1.807) is 0 Å². The molecule has 0 aliphatic carbocycles. The molecule has 1 saturated heterocycles. The second kappa shape index (κ2) is 2.73. The zero-order chi connectivity index (χ0) is 9.57. The van der Waals surface area contributed by atoms with E-state index in [0.29, 0.717) is 0 Å². The molecular weight excluding hydrogens is 230 g/mol. The van der Waals surface area contributed by atoms with E-state index in [-0.39, 0.29) is 0 Å². The Bertz CT molecular complexity index is 228. The van der Waals surface area contributed by atoms with E-state index in [4.69, 9.17) is 34.8 Å². The summed E-state index contributed by atoms with van der Waals surface area (Å²) < 4.78 is 1.98. The molecule has 1 rings (SSSR count). The quantitative estimate of drug-likeness (QED) is 0.377. The van der Waals surface area contributed by atoms with E-state index in [1.807, 2.05) is 0 Å². The van der Waals surface area contributed by atoms with Gasteiger partial charge in [-0.1, -0.05) is 34.8 Å². The number of aliphatic hydroxyl groups is 1. The molecule has 0 aromatic rings. The Morgan fingerprint density at radius 1 is 1.42 bits per heavy atom. The van der Waals surface area contributed by atoms with Gasteiger partial charge in [-0.3, -0.25) is 4.79 Å². The molecule has 1 aliphatic rings. The van der Waals surface area contributed by atoms with Gasteiger partial charge in [0.25, 0.3) is 9.58 Å². The maximum absolute atomic E-state index is 10.6. The fourth-order valence-corrected chi connectivity index (χ4v) is 1.01. The summed E-state index contributed by atoms with van der Waals surface area (Å²) in [6, 6.07) is 0. The molecule has 12 heavy (non-hydrogen) atoms. The van der Waals surface area contributed by atoms with Gasteiger partial charge in [0.1, 0.15) is 0 Å². The SMILES string of the molecule is O=C1CC(O)(C(Cl)(Cl)Cl)OC1=O. The summed E-state index contributed by atoms with van der Waals surface area (Å²) >= 11 is 15.8. The number of hydrogen-bond acceptors (Lipinski definition) is 4. The highest BCUT2D eigenvalue weighted by molar-refractivity contribution is 6.68. The zero-order valence-electron chi connectivity index (χ0n) is 5.51. The maximum Gasteiger partial charge on any atom is 0.377 e. The number of ether oxygens (including phenoxy) is 1. The number of esters is 1. The van der Waals surface area contributed by atoms with Crippen molar-refractivity contribution in [3.05, 3.63) is 0 Å². The predicted octanol–water partition coefficient (Wildman–Crippen LogP) is 0.561. The molecule has 0 amide bonds. The second-order valence-electron chi connectivity index (χ2n) is 2.27. The van der Waals surface area contributed by atoms with Crippen LogP contribution in [0.15, 0.2) is 0 Å². The number of carbonyl (C=O) groups excluding carboxylic acids is 2. The zero-order valence-corrected chi connectivity index (χ0v) is 7.78. The number of Topliss-reactive ketones (excluding diaryl/α,β-unsaturated/α-hetero) is 1. The Kier molecular flexibility index (Phi) is 2.29. The Morgan fingerprint density at radius 3 is 2.08 bits per heavy atom. The predicted molar refractivity (Wildman–Crippen MR) is 41.0 cm³/mol. The molecule has 0 aromatic carbocycles. The second-order valence-corrected chi connectivity index (χ2v) is 4.55. The first kappa shape index (κ1) is 10.1. The van der Waals surface area contributed by atoms with Crippen LogP contribution in [0.25, 0.3) is 0 Å². The smallest absolute Gasteiger partial charge is 0.377 e. The highest BCUT2D eigenvalue weighted by Gasteiger charge is 2.58. The van der Waals surface area contributed by atoms with Crippen LogP contribution in [-0.4, -0.2) is 26.4 Å². The van der Waals surface area contributed by atoms with E-state index in [9.17, 15) is 14.7 Å². The molecule has 7 heteroatoms. The number of carbonyl (C=O) groups is 2. The Balaban J connectivity index is 2.91. The van der Waals surface area contributed by atoms with Crippen molar-refractivity contribution in [2.24, 2.45) is 0 Å². The molecule has 0 spiro atoms. The molecule has 1 fully saturated rings. The number of rotatable bonds is 0. The van der Waals surface area contributed by atoms with E-state index < -0.39 is 27.8 Å². The molecule has 68 valence electrons. The molecule has 0 bridgehead atoms. The minimum absolute atomic E-state index is 0.637. The monoisotopic (exact) mass is 232 g/mol. The number of ketones is 1. The van der Waals surface area contributed by atoms with Crippen LogP contribution in [0, 0.1) is 0 Å². The maximum atomic E-state index is 10.6. The fraction of sp³-hybridized carbons (Fsp3) is 0.600. The lowest BCUT2D eigenvalue weighted by Gasteiger charge is -2.26. The topological polar surface area (TPSA) is 63.6 Å². The first-order chi connectivity index (χ1) is 5.26. The lowest BCUT2D eigenvalue weighted by Crippen LogP contribution is -2.42. The summed E-state index contributed by atoms with van der Waals surface area (Å²) in [6.07, 6.45) is -0.637. The molecule has 1 unspecified atom stereocenters. The van der Waals surface area contributed by atoms with Crippen LogP contribution >= 0.6 is 34.8 Å². The van der Waals surface area contributed by atoms with Crippen molar-refractivity contribution in [1.29, 1.82) is 0 Å². The summed E-state index contributed by atoms with van der Waals surface area (Å²) in [7, 11) is 0. The van der Waals surface area contributed by atoms with Gasteiger partial charge in [0, 0.05) is 0 Å². The molecule has 1 aliphatic heterocycles. The van der Waals surface area contributed by atoms with E-state index in [0.717, 1.165) is 0 Å². The number of cyclic esters (lactones) is 1. The van der Waals surface area contributed by atoms with Gasteiger partial charge in [-0.05, 0) is 0 Å². The summed E-state index contributed by atoms with van der Waals surface area (Å²) in [5.74, 6) is -4.43. The van der Waals surface area contributed by atoms with Crippen LogP contribution < -0.4 is 0 Å². The van der Waals surface area contributed by atoms with Gasteiger partial charge in [0.2, 0.25) is 5.78 Å². The largest absolute Gasteiger partial charge is 0.422 e. The standard InChI is InChI=1S/C5H3Cl3O4/c6-5(7,8)4(11)1-2(9)3(10)12-4/h11H,1H2. The van der Waals surface area contributed by atoms with Crippen LogP contribution in [0.1, 0.15) is 6.42 Å². The highest BCUT2D eigenvalue weighted by atomic mass is 35.6. The molecule has 0 saturated carbocycles. The van der Waals surface area contributed by atoms with Crippen molar-refractivity contribution in [2.45, 2.75) is 16.0 Å². The summed E-state index contributed by atoms with van der Waals surface area (Å²) in [4.78, 5) is 21.2. The van der Waals surface area contributed by atoms with Crippen LogP contribution in [0.2, 0.25) is 0 Å². The van der Waals surface area contributed by atoms with Gasteiger partial charge in [-0.15, -0.1) is 0 Å². The third-order valence-corrected chi connectivity index (χ3v) is 2.22. The van der Waals surface area contributed by atoms with Gasteiger partial charge < -0.3 is 9.84 Å². The average Bonchev–Trinajstić information content (AvgIpc) is 2.06. The van der Waals surface area contributed by atoms with Crippen molar-refractivity contribution >= 4 is 46.6 Å². The van der Waals surface area contributed by atoms with Crippen molar-refractivity contribution in [3.63, 3.8) is 0 Å². The van der Waals surface area contributed by atoms with E-state index in [2.05, 4.69) is 4.74 Å². The van der Waals surface area contributed by atoms with E-state index in [1.165, 1.54) is 0 Å². The minimum Gasteiger partial charge on any atom is -0.422 e. The van der Waals surface area contributed by atoms with Gasteiger partial charge in [0.15, 0.2) is 0 Å². The van der Waals surface area contributed by atoms with Crippen molar-refractivity contribution in [3.8, 4) is 0 Å².